The zero-order chi connectivity index (χ0) is 13.1. The van der Waals surface area contributed by atoms with E-state index in [2.05, 4.69) is 15.6 Å². The highest BCUT2D eigenvalue weighted by Crippen LogP contribution is 2.27. The molecule has 0 spiro atoms. The first kappa shape index (κ1) is 12.6. The monoisotopic (exact) mass is 251 g/mol. The van der Waals surface area contributed by atoms with Crippen LogP contribution in [0.2, 0.25) is 0 Å². The van der Waals surface area contributed by atoms with Crippen LogP contribution in [-0.2, 0) is 11.3 Å². The fourth-order valence-electron chi connectivity index (χ4n) is 2.09. The molecular formula is C11H17N5O2. The maximum absolute atomic E-state index is 11.7. The minimum absolute atomic E-state index is 0.137. The average Bonchev–Trinajstić information content (AvgIpc) is 2.38. The highest BCUT2D eigenvalue weighted by Gasteiger charge is 2.28. The Kier molecular flexibility index (Phi) is 3.61. The van der Waals surface area contributed by atoms with Crippen molar-refractivity contribution in [2.24, 2.45) is 5.84 Å². The molecule has 0 aromatic carbocycles. The maximum Gasteiger partial charge on any atom is 0.410 e. The van der Waals surface area contributed by atoms with Crippen molar-refractivity contribution in [3.63, 3.8) is 0 Å². The van der Waals surface area contributed by atoms with Crippen LogP contribution in [0.5, 0.6) is 0 Å². The van der Waals surface area contributed by atoms with Gasteiger partial charge in [-0.15, -0.1) is 5.10 Å². The molecule has 2 heterocycles. The van der Waals surface area contributed by atoms with E-state index in [9.17, 15) is 4.79 Å². The van der Waals surface area contributed by atoms with Gasteiger partial charge in [0.15, 0.2) is 5.82 Å². The van der Waals surface area contributed by atoms with Crippen LogP contribution in [0, 0.1) is 0 Å². The molecule has 1 aromatic heterocycles. The number of amides is 1. The Morgan fingerprint density at radius 2 is 2.44 bits per heavy atom. The smallest absolute Gasteiger partial charge is 0.410 e. The number of anilines is 1. The van der Waals surface area contributed by atoms with Crippen molar-refractivity contribution in [3.8, 4) is 0 Å². The highest BCUT2D eigenvalue weighted by molar-refractivity contribution is 5.68. The molecule has 1 aliphatic heterocycles. The van der Waals surface area contributed by atoms with E-state index in [1.165, 1.54) is 0 Å². The second kappa shape index (κ2) is 5.18. The number of fused-ring (bicyclic) bond motifs is 1. The van der Waals surface area contributed by atoms with E-state index in [1.54, 1.807) is 11.8 Å². The molecule has 1 aromatic rings. The molecule has 0 saturated carbocycles. The van der Waals surface area contributed by atoms with Gasteiger partial charge < -0.3 is 15.1 Å². The Morgan fingerprint density at radius 1 is 1.67 bits per heavy atom. The summed E-state index contributed by atoms with van der Waals surface area (Å²) in [5.74, 6) is 5.93. The van der Waals surface area contributed by atoms with E-state index >= 15 is 0 Å². The van der Waals surface area contributed by atoms with Gasteiger partial charge in [-0.2, -0.15) is 5.10 Å². The summed E-state index contributed by atoms with van der Waals surface area (Å²) in [6.45, 7) is 5.25. The van der Waals surface area contributed by atoms with Crippen molar-refractivity contribution in [2.75, 3.05) is 18.6 Å². The third-order valence-electron chi connectivity index (χ3n) is 2.90. The normalized spacial score (nSPS) is 18.2. The molecule has 98 valence electrons. The summed E-state index contributed by atoms with van der Waals surface area (Å²) < 4.78 is 5.01. The first-order chi connectivity index (χ1) is 8.65. The molecule has 18 heavy (non-hydrogen) atoms. The van der Waals surface area contributed by atoms with Crippen molar-refractivity contribution in [1.29, 1.82) is 0 Å². The minimum atomic E-state index is -0.297. The number of carbonyl (C=O) groups excluding carboxylic acids is 1. The molecule has 1 aliphatic rings. The van der Waals surface area contributed by atoms with Gasteiger partial charge in [-0.1, -0.05) is 6.92 Å². The Bertz CT molecular complexity index is 451. The summed E-state index contributed by atoms with van der Waals surface area (Å²) >= 11 is 0. The van der Waals surface area contributed by atoms with Gasteiger partial charge in [-0.3, -0.25) is 0 Å². The quantitative estimate of drug-likeness (QED) is 0.597. The van der Waals surface area contributed by atoms with Gasteiger partial charge in [0.05, 0.1) is 18.8 Å². The standard InChI is InChI=1S/C11H17N5O2/c1-3-18-11(17)16-5-7(2)10-8(6-16)4-9(13-12)14-15-10/h4,7H,3,5-6,12H2,1-2H3,(H,13,14). The van der Waals surface area contributed by atoms with E-state index in [0.717, 1.165) is 11.3 Å². The summed E-state index contributed by atoms with van der Waals surface area (Å²) in [5, 5.41) is 8.09. The fourth-order valence-corrected chi connectivity index (χ4v) is 2.09. The summed E-state index contributed by atoms with van der Waals surface area (Å²) in [5.41, 5.74) is 4.31. The SMILES string of the molecule is CCOC(=O)N1Cc2cc(NN)nnc2C(C)C1. The van der Waals surface area contributed by atoms with Crippen molar-refractivity contribution < 1.29 is 9.53 Å². The molecule has 7 nitrogen and oxygen atoms in total. The number of carbonyl (C=O) groups is 1. The van der Waals surface area contributed by atoms with E-state index < -0.39 is 0 Å². The van der Waals surface area contributed by atoms with Crippen molar-refractivity contribution in [2.45, 2.75) is 26.3 Å². The van der Waals surface area contributed by atoms with Gasteiger partial charge in [-0.25, -0.2) is 10.6 Å². The lowest BCUT2D eigenvalue weighted by molar-refractivity contribution is 0.0988. The van der Waals surface area contributed by atoms with Crippen LogP contribution in [-0.4, -0.2) is 34.3 Å². The van der Waals surface area contributed by atoms with E-state index in [1.807, 2.05) is 13.0 Å². The second-order valence-electron chi connectivity index (χ2n) is 4.26. The molecule has 2 rings (SSSR count). The number of hydrogen-bond donors (Lipinski definition) is 2. The molecule has 0 bridgehead atoms. The Labute approximate surface area is 105 Å². The number of rotatable bonds is 2. The molecular weight excluding hydrogens is 234 g/mol. The average molecular weight is 251 g/mol. The molecule has 0 saturated heterocycles. The van der Waals surface area contributed by atoms with E-state index in [0.29, 0.717) is 25.5 Å². The molecule has 1 amide bonds. The molecule has 3 N–H and O–H groups in total. The minimum Gasteiger partial charge on any atom is -0.450 e. The Balaban J connectivity index is 2.23. The van der Waals surface area contributed by atoms with Crippen molar-refractivity contribution in [3.05, 3.63) is 17.3 Å². The fraction of sp³-hybridized carbons (Fsp3) is 0.545. The first-order valence-electron chi connectivity index (χ1n) is 5.90. The lowest BCUT2D eigenvalue weighted by Gasteiger charge is -2.31. The third kappa shape index (κ3) is 2.35. The third-order valence-corrected chi connectivity index (χ3v) is 2.90. The van der Waals surface area contributed by atoms with E-state index in [-0.39, 0.29) is 12.0 Å². The number of nitrogens with zero attached hydrogens (tertiary/aromatic N) is 3. The van der Waals surface area contributed by atoms with Gasteiger partial charge in [-0.05, 0) is 18.6 Å². The molecule has 0 fully saturated rings. The van der Waals surface area contributed by atoms with Crippen molar-refractivity contribution >= 4 is 11.9 Å². The molecule has 1 atom stereocenters. The van der Waals surface area contributed by atoms with Crippen LogP contribution in [0.25, 0.3) is 0 Å². The molecule has 0 aliphatic carbocycles. The van der Waals surface area contributed by atoms with E-state index in [4.69, 9.17) is 10.6 Å². The van der Waals surface area contributed by atoms with Crippen LogP contribution in [0.4, 0.5) is 10.6 Å². The van der Waals surface area contributed by atoms with Crippen LogP contribution in [0.1, 0.15) is 31.0 Å². The number of hydrazine groups is 1. The van der Waals surface area contributed by atoms with Crippen LogP contribution < -0.4 is 11.3 Å². The Hall–Kier alpha value is -1.89. The van der Waals surface area contributed by atoms with Crippen molar-refractivity contribution in [1.82, 2.24) is 15.1 Å². The topological polar surface area (TPSA) is 93.4 Å². The number of ether oxygens (including phenoxy) is 1. The first-order valence-corrected chi connectivity index (χ1v) is 5.90. The van der Waals surface area contributed by atoms with Gasteiger partial charge >= 0.3 is 6.09 Å². The zero-order valence-corrected chi connectivity index (χ0v) is 10.5. The largest absolute Gasteiger partial charge is 0.450 e. The summed E-state index contributed by atoms with van der Waals surface area (Å²) in [4.78, 5) is 13.4. The highest BCUT2D eigenvalue weighted by atomic mass is 16.6. The Morgan fingerprint density at radius 3 is 3.11 bits per heavy atom. The summed E-state index contributed by atoms with van der Waals surface area (Å²) in [7, 11) is 0. The van der Waals surface area contributed by atoms with Gasteiger partial charge in [0.25, 0.3) is 0 Å². The van der Waals surface area contributed by atoms with Crippen LogP contribution in [0.15, 0.2) is 6.07 Å². The number of aromatic nitrogens is 2. The zero-order valence-electron chi connectivity index (χ0n) is 10.5. The summed E-state index contributed by atoms with van der Waals surface area (Å²) in [6.07, 6.45) is -0.297. The van der Waals surface area contributed by atoms with Crippen LogP contribution >= 0.6 is 0 Å². The second-order valence-corrected chi connectivity index (χ2v) is 4.26. The van der Waals surface area contributed by atoms with Crippen LogP contribution in [0.3, 0.4) is 0 Å². The van der Waals surface area contributed by atoms with Gasteiger partial charge in [0.1, 0.15) is 0 Å². The predicted molar refractivity (Wildman–Crippen MR) is 65.7 cm³/mol. The van der Waals surface area contributed by atoms with Gasteiger partial charge in [0, 0.05) is 12.5 Å². The summed E-state index contributed by atoms with van der Waals surface area (Å²) in [6, 6.07) is 1.81. The number of nitrogens with one attached hydrogen (secondary N) is 1. The maximum atomic E-state index is 11.7. The van der Waals surface area contributed by atoms with Gasteiger partial charge in [0.2, 0.25) is 0 Å². The molecule has 0 radical (unpaired) electrons. The number of hydrogen-bond acceptors (Lipinski definition) is 6. The predicted octanol–water partition coefficient (Wildman–Crippen LogP) is 0.838. The molecule has 1 unspecified atom stereocenters. The molecule has 7 heteroatoms. The number of nitrogen functional groups attached to an aromatic ring is 1. The number of nitrogens with two attached hydrogens (primary N) is 1. The lowest BCUT2D eigenvalue weighted by atomic mass is 9.97. The lowest BCUT2D eigenvalue weighted by Crippen LogP contribution is -2.38.